The molecule has 3 aliphatic rings. The number of hydrogen-bond donors (Lipinski definition) is 0. The van der Waals surface area contributed by atoms with Crippen LogP contribution in [0.15, 0.2) is 289 Å². The molecule has 0 atom stereocenters. The number of para-hydroxylation sites is 2. The topological polar surface area (TPSA) is 12.5 Å². The summed E-state index contributed by atoms with van der Waals surface area (Å²) in [4.78, 5) is 5.16. The molecule has 0 amide bonds. The molecule has 0 aromatic heterocycles. The molecular formula is C75H52BNOS. The Morgan fingerprint density at radius 1 is 0.329 bits per heavy atom. The summed E-state index contributed by atoms with van der Waals surface area (Å²) in [5.74, 6) is 1.81. The van der Waals surface area contributed by atoms with Crippen molar-refractivity contribution in [3.8, 4) is 89.4 Å². The maximum Gasteiger partial charge on any atom is 0.249 e. The van der Waals surface area contributed by atoms with Gasteiger partial charge in [-0.25, -0.2) is 0 Å². The summed E-state index contributed by atoms with van der Waals surface area (Å²) in [6, 6.07) is 103. The van der Waals surface area contributed by atoms with Gasteiger partial charge in [0, 0.05) is 48.8 Å². The first-order chi connectivity index (χ1) is 38.9. The molecule has 79 heavy (non-hydrogen) atoms. The number of benzene rings is 12. The third-order valence-electron chi connectivity index (χ3n) is 16.6. The third-order valence-corrected chi connectivity index (χ3v) is 17.7. The molecule has 372 valence electrons. The molecular weight excluding hydrogens is 974 g/mol. The van der Waals surface area contributed by atoms with Crippen LogP contribution in [0.2, 0.25) is 0 Å². The van der Waals surface area contributed by atoms with Crippen molar-refractivity contribution in [2.24, 2.45) is 0 Å². The summed E-state index contributed by atoms with van der Waals surface area (Å²) < 4.78 is 6.85. The van der Waals surface area contributed by atoms with Crippen molar-refractivity contribution in [2.75, 3.05) is 4.90 Å². The smallest absolute Gasteiger partial charge is 0.249 e. The first-order valence-electron chi connectivity index (χ1n) is 27.3. The van der Waals surface area contributed by atoms with E-state index in [-0.39, 0.29) is 12.1 Å². The zero-order valence-electron chi connectivity index (χ0n) is 43.9. The highest BCUT2D eigenvalue weighted by Gasteiger charge is 2.43. The van der Waals surface area contributed by atoms with Gasteiger partial charge in [-0.2, -0.15) is 0 Å². The van der Waals surface area contributed by atoms with Gasteiger partial charge in [-0.05, 0) is 126 Å². The van der Waals surface area contributed by atoms with E-state index < -0.39 is 0 Å². The van der Waals surface area contributed by atoms with Crippen LogP contribution in [-0.2, 0) is 5.41 Å². The second kappa shape index (κ2) is 19.0. The maximum absolute atomic E-state index is 6.85. The molecule has 0 bridgehead atoms. The van der Waals surface area contributed by atoms with Crippen molar-refractivity contribution in [1.29, 1.82) is 0 Å². The van der Waals surface area contributed by atoms with Crippen LogP contribution in [0, 0.1) is 0 Å². The van der Waals surface area contributed by atoms with Crippen molar-refractivity contribution in [3.05, 3.63) is 290 Å². The predicted octanol–water partition coefficient (Wildman–Crippen LogP) is 18.6. The van der Waals surface area contributed by atoms with Crippen LogP contribution in [-0.4, -0.2) is 6.71 Å². The van der Waals surface area contributed by atoms with Gasteiger partial charge in [0.2, 0.25) is 6.71 Å². The lowest BCUT2D eigenvalue weighted by molar-refractivity contribution is 0.418. The Kier molecular flexibility index (Phi) is 11.3. The fraction of sp³-hybridized carbons (Fsp3) is 0.0400. The van der Waals surface area contributed by atoms with E-state index in [0.717, 1.165) is 61.9 Å². The second-order valence-electron chi connectivity index (χ2n) is 21.6. The van der Waals surface area contributed by atoms with E-state index in [9.17, 15) is 0 Å². The molecule has 0 fully saturated rings. The van der Waals surface area contributed by atoms with Gasteiger partial charge in [0.15, 0.2) is 0 Å². The molecule has 0 saturated carbocycles. The van der Waals surface area contributed by atoms with Crippen molar-refractivity contribution in [2.45, 2.75) is 29.1 Å². The quantitative estimate of drug-likeness (QED) is 0.141. The van der Waals surface area contributed by atoms with Gasteiger partial charge in [-0.3, -0.25) is 0 Å². The summed E-state index contributed by atoms with van der Waals surface area (Å²) in [6.07, 6.45) is 0. The Morgan fingerprint density at radius 2 is 0.797 bits per heavy atom. The minimum absolute atomic E-state index is 0.0727. The van der Waals surface area contributed by atoms with E-state index in [4.69, 9.17) is 4.74 Å². The normalized spacial score (nSPS) is 13.3. The van der Waals surface area contributed by atoms with Crippen LogP contribution < -0.4 is 26.0 Å². The van der Waals surface area contributed by atoms with Crippen molar-refractivity contribution < 1.29 is 4.74 Å². The molecule has 0 aliphatic carbocycles. The van der Waals surface area contributed by atoms with Crippen molar-refractivity contribution in [3.63, 3.8) is 0 Å². The van der Waals surface area contributed by atoms with Crippen LogP contribution in [0.1, 0.15) is 25.0 Å². The van der Waals surface area contributed by atoms with E-state index in [1.807, 2.05) is 11.8 Å². The van der Waals surface area contributed by atoms with Gasteiger partial charge in [0.25, 0.3) is 0 Å². The zero-order valence-corrected chi connectivity index (χ0v) is 44.7. The largest absolute Gasteiger partial charge is 0.457 e. The Hall–Kier alpha value is -9.35. The highest BCUT2D eigenvalue weighted by atomic mass is 32.2. The monoisotopic (exact) mass is 1030 g/mol. The molecule has 4 heteroatoms. The SMILES string of the molecule is CC1(C)c2ccccc2Oc2cc(-c3cc4c5c(c3)N(c3c(-c6cccc(-c7ccccc7)c6)cccc3-c3cccc(-c6ccccc6)c3)c3ccc(-c6ccccc6)cc3B5c3cc(-c5ccccc5)ccc3S4)ccc21. The standard InChI is InChI=1S/C75H52BNOS/c1-75(2)63-34-15-16-35-69(63)78-70-47-57(36-39-64(70)75)60-46-68-73-72(48-60)79-71-41-38-56(52-26-13-6-14-27-52)45-66(71)76(73)65-44-55(51-24-11-5-12-25-51)37-40-67(65)77(68)74-61(58-30-17-28-53(42-58)49-20-7-3-8-21-49)32-19-33-62(74)59-31-18-29-54(43-59)50-22-9-4-10-23-50/h3-48H,1-2H3. The van der Waals surface area contributed by atoms with Gasteiger partial charge in [0.1, 0.15) is 11.5 Å². The highest BCUT2D eigenvalue weighted by Crippen LogP contribution is 2.53. The molecule has 12 aromatic rings. The molecule has 3 aliphatic heterocycles. The number of fused-ring (bicyclic) bond motifs is 6. The molecule has 0 spiro atoms. The molecule has 12 aromatic carbocycles. The fourth-order valence-corrected chi connectivity index (χ4v) is 13.9. The summed E-state index contributed by atoms with van der Waals surface area (Å²) in [5.41, 5.74) is 25.9. The minimum atomic E-state index is -0.231. The first-order valence-corrected chi connectivity index (χ1v) is 28.1. The van der Waals surface area contributed by atoms with E-state index in [1.54, 1.807) is 0 Å². The van der Waals surface area contributed by atoms with Gasteiger partial charge in [0.05, 0.1) is 5.69 Å². The molecule has 3 heterocycles. The van der Waals surface area contributed by atoms with E-state index >= 15 is 0 Å². The number of anilines is 3. The number of hydrogen-bond acceptors (Lipinski definition) is 3. The summed E-state index contributed by atoms with van der Waals surface area (Å²) in [5, 5.41) is 0. The van der Waals surface area contributed by atoms with E-state index in [1.165, 1.54) is 81.8 Å². The maximum atomic E-state index is 6.85. The lowest BCUT2D eigenvalue weighted by Crippen LogP contribution is -2.60. The second-order valence-corrected chi connectivity index (χ2v) is 22.6. The van der Waals surface area contributed by atoms with Crippen LogP contribution in [0.25, 0.3) is 77.9 Å². The summed E-state index contributed by atoms with van der Waals surface area (Å²) >= 11 is 1.90. The number of rotatable bonds is 8. The first kappa shape index (κ1) is 46.9. The minimum Gasteiger partial charge on any atom is -0.457 e. The Bertz CT molecular complexity index is 4240. The van der Waals surface area contributed by atoms with Gasteiger partial charge in [-0.15, -0.1) is 0 Å². The van der Waals surface area contributed by atoms with Crippen LogP contribution in [0.4, 0.5) is 17.1 Å². The van der Waals surface area contributed by atoms with Gasteiger partial charge < -0.3 is 9.64 Å². The Labute approximate surface area is 467 Å². The summed E-state index contributed by atoms with van der Waals surface area (Å²) in [7, 11) is 0. The Morgan fingerprint density at radius 3 is 1.41 bits per heavy atom. The van der Waals surface area contributed by atoms with E-state index in [0.29, 0.717) is 0 Å². The highest BCUT2D eigenvalue weighted by molar-refractivity contribution is 8.00. The fourth-order valence-electron chi connectivity index (χ4n) is 12.7. The van der Waals surface area contributed by atoms with Gasteiger partial charge in [-0.1, -0.05) is 262 Å². The molecule has 0 saturated heterocycles. The Balaban J connectivity index is 1.03. The third kappa shape index (κ3) is 8.05. The molecule has 0 unspecified atom stereocenters. The lowest BCUT2D eigenvalue weighted by atomic mass is 9.34. The number of ether oxygens (including phenoxy) is 1. The van der Waals surface area contributed by atoms with Gasteiger partial charge >= 0.3 is 0 Å². The molecule has 2 nitrogen and oxygen atoms in total. The lowest BCUT2D eigenvalue weighted by Gasteiger charge is -2.42. The van der Waals surface area contributed by atoms with Crippen molar-refractivity contribution in [1.82, 2.24) is 0 Å². The number of nitrogens with zero attached hydrogens (tertiary/aromatic N) is 1. The van der Waals surface area contributed by atoms with Crippen LogP contribution >= 0.6 is 11.8 Å². The van der Waals surface area contributed by atoms with Crippen LogP contribution in [0.5, 0.6) is 11.5 Å². The van der Waals surface area contributed by atoms with Crippen LogP contribution in [0.3, 0.4) is 0 Å². The molecule has 15 rings (SSSR count). The average molecular weight is 1030 g/mol. The molecule has 0 N–H and O–H groups in total. The predicted molar refractivity (Wildman–Crippen MR) is 333 cm³/mol. The molecule has 0 radical (unpaired) electrons. The van der Waals surface area contributed by atoms with E-state index in [2.05, 4.69) is 298 Å². The summed E-state index contributed by atoms with van der Waals surface area (Å²) in [6.45, 7) is 4.55. The average Bonchev–Trinajstić information content (AvgIpc) is 3.30. The van der Waals surface area contributed by atoms with Crippen molar-refractivity contribution >= 4 is 51.9 Å². The zero-order chi connectivity index (χ0) is 52.6.